The van der Waals surface area contributed by atoms with Gasteiger partial charge in [-0.25, -0.2) is 0 Å². The monoisotopic (exact) mass is 127 g/mol. The summed E-state index contributed by atoms with van der Waals surface area (Å²) in [5.41, 5.74) is 0. The first-order valence-corrected chi connectivity index (χ1v) is 3.44. The lowest BCUT2D eigenvalue weighted by Crippen LogP contribution is -2.28. The van der Waals surface area contributed by atoms with E-state index in [1.54, 1.807) is 6.92 Å². The molecule has 0 amide bonds. The molecule has 0 aromatic carbocycles. The Bertz CT molecular complexity index is 122. The van der Waals surface area contributed by atoms with E-state index in [0.29, 0.717) is 5.92 Å². The molecule has 1 N–H and O–H groups in total. The highest BCUT2D eigenvalue weighted by molar-refractivity contribution is 5.81. The smallest absolute Gasteiger partial charge is 0.146 e. The zero-order chi connectivity index (χ0) is 6.85. The van der Waals surface area contributed by atoms with Crippen LogP contribution >= 0.6 is 0 Å². The first-order valence-electron chi connectivity index (χ1n) is 3.44. The lowest BCUT2D eigenvalue weighted by molar-refractivity contribution is -0.118. The summed E-state index contributed by atoms with van der Waals surface area (Å²) in [4.78, 5) is 10.7. The molecule has 0 bridgehead atoms. The van der Waals surface area contributed by atoms with Crippen LogP contribution in [0, 0.1) is 5.92 Å². The highest BCUT2D eigenvalue weighted by atomic mass is 16.1. The largest absolute Gasteiger partial charge is 0.307 e. The van der Waals surface area contributed by atoms with E-state index in [0.717, 1.165) is 13.0 Å². The molecule has 1 rings (SSSR count). The van der Waals surface area contributed by atoms with Crippen molar-refractivity contribution in [1.29, 1.82) is 0 Å². The van der Waals surface area contributed by atoms with Crippen LogP contribution < -0.4 is 5.32 Å². The van der Waals surface area contributed by atoms with Gasteiger partial charge in [-0.3, -0.25) is 4.79 Å². The average Bonchev–Trinajstić information content (AvgIpc) is 2.14. The van der Waals surface area contributed by atoms with E-state index in [9.17, 15) is 4.79 Å². The second-order valence-corrected chi connectivity index (χ2v) is 2.91. The van der Waals surface area contributed by atoms with Gasteiger partial charge in [0.15, 0.2) is 0 Å². The Balaban J connectivity index is 2.39. The van der Waals surface area contributed by atoms with Crippen molar-refractivity contribution in [3.8, 4) is 0 Å². The van der Waals surface area contributed by atoms with E-state index < -0.39 is 0 Å². The molecule has 0 radical (unpaired) electrons. The fraction of sp³-hybridized carbons (Fsp3) is 0.857. The summed E-state index contributed by atoms with van der Waals surface area (Å²) in [6.45, 7) is 4.82. The summed E-state index contributed by atoms with van der Waals surface area (Å²) in [7, 11) is 0. The van der Waals surface area contributed by atoms with Crippen LogP contribution in [0.25, 0.3) is 0 Å². The molecule has 0 aromatic rings. The molecule has 1 aliphatic rings. The van der Waals surface area contributed by atoms with Crippen molar-refractivity contribution in [1.82, 2.24) is 5.32 Å². The van der Waals surface area contributed by atoms with E-state index >= 15 is 0 Å². The van der Waals surface area contributed by atoms with Gasteiger partial charge in [0.05, 0.1) is 6.04 Å². The molecule has 52 valence electrons. The standard InChI is InChI=1S/C7H13NO/c1-5-3-7(6(2)9)8-4-5/h5,7-8H,3-4H2,1-2H3/t5-,7+/m1/s1. The fourth-order valence-corrected chi connectivity index (χ4v) is 1.22. The minimum absolute atomic E-state index is 0.153. The summed E-state index contributed by atoms with van der Waals surface area (Å²) >= 11 is 0. The third-order valence-corrected chi connectivity index (χ3v) is 1.84. The van der Waals surface area contributed by atoms with Crippen LogP contribution in [0.2, 0.25) is 0 Å². The molecule has 0 aliphatic carbocycles. The molecular formula is C7H13NO. The Morgan fingerprint density at radius 3 is 2.56 bits per heavy atom. The third-order valence-electron chi connectivity index (χ3n) is 1.84. The SMILES string of the molecule is CC(=O)[C@@H]1C[C@@H](C)CN1. The number of carbonyl (C=O) groups is 1. The first kappa shape index (κ1) is 6.75. The molecule has 0 spiro atoms. The van der Waals surface area contributed by atoms with Gasteiger partial charge in [-0.15, -0.1) is 0 Å². The second kappa shape index (κ2) is 2.48. The highest BCUT2D eigenvalue weighted by Gasteiger charge is 2.23. The maximum Gasteiger partial charge on any atom is 0.146 e. The molecule has 2 nitrogen and oxygen atoms in total. The number of hydrogen-bond acceptors (Lipinski definition) is 2. The van der Waals surface area contributed by atoms with Crippen molar-refractivity contribution in [3.05, 3.63) is 0 Å². The summed E-state index contributed by atoms with van der Waals surface area (Å²) in [6.07, 6.45) is 1.02. The normalized spacial score (nSPS) is 34.9. The minimum atomic E-state index is 0.153. The maximum atomic E-state index is 10.7. The van der Waals surface area contributed by atoms with Crippen molar-refractivity contribution in [2.45, 2.75) is 26.3 Å². The van der Waals surface area contributed by atoms with Crippen LogP contribution in [0.5, 0.6) is 0 Å². The molecular weight excluding hydrogens is 114 g/mol. The van der Waals surface area contributed by atoms with Gasteiger partial charge in [-0.1, -0.05) is 6.92 Å². The number of Topliss-reactive ketones (excluding diaryl/α,β-unsaturated/α-hetero) is 1. The maximum absolute atomic E-state index is 10.7. The minimum Gasteiger partial charge on any atom is -0.307 e. The van der Waals surface area contributed by atoms with Crippen LogP contribution in [0.15, 0.2) is 0 Å². The highest BCUT2D eigenvalue weighted by Crippen LogP contribution is 2.12. The van der Waals surface area contributed by atoms with Crippen LogP contribution in [0.4, 0.5) is 0 Å². The quantitative estimate of drug-likeness (QED) is 0.558. The van der Waals surface area contributed by atoms with Crippen molar-refractivity contribution in [2.24, 2.45) is 5.92 Å². The molecule has 1 saturated heterocycles. The number of hydrogen-bond donors (Lipinski definition) is 1. The van der Waals surface area contributed by atoms with E-state index in [1.165, 1.54) is 0 Å². The van der Waals surface area contributed by atoms with Crippen LogP contribution in [-0.2, 0) is 4.79 Å². The predicted octanol–water partition coefficient (Wildman–Crippen LogP) is 0.573. The lowest BCUT2D eigenvalue weighted by Gasteiger charge is -2.02. The summed E-state index contributed by atoms with van der Waals surface area (Å²) in [5.74, 6) is 0.957. The lowest BCUT2D eigenvalue weighted by atomic mass is 10.1. The Labute approximate surface area is 55.6 Å². The Kier molecular flexibility index (Phi) is 1.86. The van der Waals surface area contributed by atoms with Gasteiger partial charge in [0.2, 0.25) is 0 Å². The Hall–Kier alpha value is -0.370. The second-order valence-electron chi connectivity index (χ2n) is 2.91. The van der Waals surface area contributed by atoms with Crippen molar-refractivity contribution >= 4 is 5.78 Å². The first-order chi connectivity index (χ1) is 4.20. The number of rotatable bonds is 1. The molecule has 2 atom stereocenters. The summed E-state index contributed by atoms with van der Waals surface area (Å²) < 4.78 is 0. The molecule has 1 fully saturated rings. The number of nitrogens with one attached hydrogen (secondary N) is 1. The summed E-state index contributed by atoms with van der Waals surface area (Å²) in [6, 6.07) is 0.153. The molecule has 0 aromatic heterocycles. The van der Waals surface area contributed by atoms with Gasteiger partial charge in [0.1, 0.15) is 5.78 Å². The van der Waals surface area contributed by atoms with Crippen LogP contribution in [0.3, 0.4) is 0 Å². The zero-order valence-electron chi connectivity index (χ0n) is 5.98. The fourth-order valence-electron chi connectivity index (χ4n) is 1.22. The Morgan fingerprint density at radius 2 is 2.33 bits per heavy atom. The molecule has 1 heterocycles. The van der Waals surface area contributed by atoms with Gasteiger partial charge in [-0.2, -0.15) is 0 Å². The van der Waals surface area contributed by atoms with E-state index in [2.05, 4.69) is 12.2 Å². The van der Waals surface area contributed by atoms with Crippen LogP contribution in [0.1, 0.15) is 20.3 Å². The topological polar surface area (TPSA) is 29.1 Å². The molecule has 1 aliphatic heterocycles. The summed E-state index contributed by atoms with van der Waals surface area (Å²) in [5, 5.41) is 3.16. The van der Waals surface area contributed by atoms with E-state index in [-0.39, 0.29) is 11.8 Å². The van der Waals surface area contributed by atoms with Gasteiger partial charge in [0.25, 0.3) is 0 Å². The van der Waals surface area contributed by atoms with Crippen LogP contribution in [-0.4, -0.2) is 18.4 Å². The number of carbonyl (C=O) groups excluding carboxylic acids is 1. The number of ketones is 1. The van der Waals surface area contributed by atoms with E-state index in [4.69, 9.17) is 0 Å². The van der Waals surface area contributed by atoms with Crippen molar-refractivity contribution in [2.75, 3.05) is 6.54 Å². The zero-order valence-corrected chi connectivity index (χ0v) is 5.98. The average molecular weight is 127 g/mol. The predicted molar refractivity (Wildman–Crippen MR) is 36.3 cm³/mol. The van der Waals surface area contributed by atoms with Crippen molar-refractivity contribution in [3.63, 3.8) is 0 Å². The molecule has 9 heavy (non-hydrogen) atoms. The van der Waals surface area contributed by atoms with Gasteiger partial charge in [0, 0.05) is 0 Å². The molecule has 0 unspecified atom stereocenters. The Morgan fingerprint density at radius 1 is 1.67 bits per heavy atom. The van der Waals surface area contributed by atoms with Gasteiger partial charge < -0.3 is 5.32 Å². The molecule has 0 saturated carbocycles. The van der Waals surface area contributed by atoms with Gasteiger partial charge >= 0.3 is 0 Å². The van der Waals surface area contributed by atoms with E-state index in [1.807, 2.05) is 0 Å². The van der Waals surface area contributed by atoms with Crippen molar-refractivity contribution < 1.29 is 4.79 Å². The molecule has 2 heteroatoms. The van der Waals surface area contributed by atoms with Gasteiger partial charge in [-0.05, 0) is 25.8 Å². The third kappa shape index (κ3) is 1.52.